The third-order valence-electron chi connectivity index (χ3n) is 2.79. The van der Waals surface area contributed by atoms with Crippen molar-refractivity contribution in [2.45, 2.75) is 37.2 Å². The maximum Gasteiger partial charge on any atom is 0.337 e. The average Bonchev–Trinajstić information content (AvgIpc) is 2.93. The van der Waals surface area contributed by atoms with E-state index in [1.54, 1.807) is 10.7 Å². The van der Waals surface area contributed by atoms with E-state index in [0.29, 0.717) is 11.3 Å². The van der Waals surface area contributed by atoms with Crippen LogP contribution in [-0.2, 0) is 16.0 Å². The minimum absolute atomic E-state index is 0.167. The van der Waals surface area contributed by atoms with E-state index < -0.39 is 0 Å². The largest absolute Gasteiger partial charge is 0.465 e. The fourth-order valence-electron chi connectivity index (χ4n) is 1.74. The average molecular weight is 306 g/mol. The minimum Gasteiger partial charge on any atom is -0.465 e. The standard InChI is InChI=1S/C14H18N4O2S/c1-14(2,3)18-13(15-16-17-18)21-9-10-6-5-7-11(8-10)12(19)20-4/h5-8H,9H2,1-4H3. The van der Waals surface area contributed by atoms with E-state index in [-0.39, 0.29) is 11.5 Å². The third-order valence-corrected chi connectivity index (χ3v) is 3.78. The Morgan fingerprint density at radius 1 is 1.38 bits per heavy atom. The number of benzene rings is 1. The molecule has 0 atom stereocenters. The van der Waals surface area contributed by atoms with Gasteiger partial charge in [-0.15, -0.1) is 5.10 Å². The molecule has 21 heavy (non-hydrogen) atoms. The third kappa shape index (κ3) is 3.81. The first-order chi connectivity index (χ1) is 9.91. The zero-order valence-electron chi connectivity index (χ0n) is 12.5. The van der Waals surface area contributed by atoms with Gasteiger partial charge in [-0.3, -0.25) is 0 Å². The summed E-state index contributed by atoms with van der Waals surface area (Å²) in [6.07, 6.45) is 0. The highest BCUT2D eigenvalue weighted by Gasteiger charge is 2.19. The van der Waals surface area contributed by atoms with E-state index in [1.165, 1.54) is 18.9 Å². The second kappa shape index (κ2) is 6.26. The lowest BCUT2D eigenvalue weighted by atomic mass is 10.1. The molecule has 0 saturated carbocycles. The van der Waals surface area contributed by atoms with Crippen LogP contribution in [0.3, 0.4) is 0 Å². The minimum atomic E-state index is -0.332. The van der Waals surface area contributed by atoms with Gasteiger partial charge in [-0.2, -0.15) is 0 Å². The van der Waals surface area contributed by atoms with Crippen LogP contribution in [0.15, 0.2) is 29.4 Å². The summed E-state index contributed by atoms with van der Waals surface area (Å²) < 4.78 is 6.52. The number of nitrogens with zero attached hydrogens (tertiary/aromatic N) is 4. The van der Waals surface area contributed by atoms with E-state index in [4.69, 9.17) is 4.74 Å². The topological polar surface area (TPSA) is 69.9 Å². The molecule has 0 aliphatic heterocycles. The molecule has 0 spiro atoms. The van der Waals surface area contributed by atoms with Crippen LogP contribution in [0.1, 0.15) is 36.7 Å². The van der Waals surface area contributed by atoms with Crippen molar-refractivity contribution in [3.63, 3.8) is 0 Å². The Balaban J connectivity index is 2.11. The molecule has 0 aliphatic rings. The van der Waals surface area contributed by atoms with Crippen molar-refractivity contribution >= 4 is 17.7 Å². The van der Waals surface area contributed by atoms with Crippen molar-refractivity contribution in [2.75, 3.05) is 7.11 Å². The number of methoxy groups -OCH3 is 1. The van der Waals surface area contributed by atoms with Crippen molar-refractivity contribution in [1.29, 1.82) is 0 Å². The molecule has 1 aromatic carbocycles. The van der Waals surface area contributed by atoms with Gasteiger partial charge in [-0.1, -0.05) is 23.9 Å². The van der Waals surface area contributed by atoms with Crippen LogP contribution in [0.2, 0.25) is 0 Å². The van der Waals surface area contributed by atoms with Gasteiger partial charge < -0.3 is 4.74 Å². The normalized spacial score (nSPS) is 11.4. The molecule has 112 valence electrons. The maximum atomic E-state index is 11.5. The summed E-state index contributed by atoms with van der Waals surface area (Å²) in [7, 11) is 1.38. The Kier molecular flexibility index (Phi) is 4.62. The van der Waals surface area contributed by atoms with E-state index >= 15 is 0 Å². The number of hydrogen-bond acceptors (Lipinski definition) is 6. The summed E-state index contributed by atoms with van der Waals surface area (Å²) in [5.74, 6) is 0.350. The summed E-state index contributed by atoms with van der Waals surface area (Å²) in [6.45, 7) is 6.14. The fraction of sp³-hybridized carbons (Fsp3) is 0.429. The molecule has 0 fully saturated rings. The molecule has 7 heteroatoms. The molecule has 2 aromatic rings. The lowest BCUT2D eigenvalue weighted by Gasteiger charge is -2.19. The number of ether oxygens (including phenoxy) is 1. The van der Waals surface area contributed by atoms with Crippen molar-refractivity contribution in [3.8, 4) is 0 Å². The Labute approximate surface area is 127 Å². The van der Waals surface area contributed by atoms with E-state index in [0.717, 1.165) is 10.7 Å². The predicted octanol–water partition coefficient (Wildman–Crippen LogP) is 2.51. The number of tetrazole rings is 1. The van der Waals surface area contributed by atoms with Crippen LogP contribution in [0.25, 0.3) is 0 Å². The summed E-state index contributed by atoms with van der Waals surface area (Å²) in [4.78, 5) is 11.5. The molecule has 2 rings (SSSR count). The molecule has 0 bridgehead atoms. The molecule has 0 unspecified atom stereocenters. The van der Waals surface area contributed by atoms with Gasteiger partial charge in [0.15, 0.2) is 0 Å². The lowest BCUT2D eigenvalue weighted by Crippen LogP contribution is -2.24. The molecule has 1 heterocycles. The van der Waals surface area contributed by atoms with Crippen LogP contribution in [0.4, 0.5) is 0 Å². The van der Waals surface area contributed by atoms with Gasteiger partial charge in [0, 0.05) is 5.75 Å². The monoisotopic (exact) mass is 306 g/mol. The van der Waals surface area contributed by atoms with Gasteiger partial charge >= 0.3 is 5.97 Å². The first kappa shape index (κ1) is 15.5. The zero-order valence-corrected chi connectivity index (χ0v) is 13.3. The molecule has 0 saturated heterocycles. The molecule has 0 aliphatic carbocycles. The number of thioether (sulfide) groups is 1. The number of carbonyl (C=O) groups is 1. The van der Waals surface area contributed by atoms with Gasteiger partial charge in [-0.25, -0.2) is 9.48 Å². The smallest absolute Gasteiger partial charge is 0.337 e. The Morgan fingerprint density at radius 2 is 2.14 bits per heavy atom. The maximum absolute atomic E-state index is 11.5. The van der Waals surface area contributed by atoms with Crippen LogP contribution >= 0.6 is 11.8 Å². The molecule has 0 amide bonds. The summed E-state index contributed by atoms with van der Waals surface area (Å²) >= 11 is 1.54. The van der Waals surface area contributed by atoms with Gasteiger partial charge in [0.25, 0.3) is 0 Å². The van der Waals surface area contributed by atoms with E-state index in [1.807, 2.05) is 39.0 Å². The quantitative estimate of drug-likeness (QED) is 0.638. The highest BCUT2D eigenvalue weighted by molar-refractivity contribution is 7.98. The van der Waals surface area contributed by atoms with Crippen LogP contribution < -0.4 is 0 Å². The molecule has 0 radical (unpaired) electrons. The van der Waals surface area contributed by atoms with Gasteiger partial charge in [0.1, 0.15) is 0 Å². The number of aromatic nitrogens is 4. The summed E-state index contributed by atoms with van der Waals surface area (Å²) in [5, 5.41) is 12.5. The molecule has 0 N–H and O–H groups in total. The zero-order chi connectivity index (χ0) is 15.5. The molecule has 6 nitrogen and oxygen atoms in total. The van der Waals surface area contributed by atoms with Crippen molar-refractivity contribution in [1.82, 2.24) is 20.2 Å². The Morgan fingerprint density at radius 3 is 2.81 bits per heavy atom. The summed E-state index contributed by atoms with van der Waals surface area (Å²) in [5.41, 5.74) is 1.40. The number of hydrogen-bond donors (Lipinski definition) is 0. The Hall–Kier alpha value is -1.89. The second-order valence-corrected chi connectivity index (χ2v) is 6.47. The molecular formula is C14H18N4O2S. The first-order valence-electron chi connectivity index (χ1n) is 6.51. The molecule has 1 aromatic heterocycles. The number of carbonyl (C=O) groups excluding carboxylic acids is 1. The number of esters is 1. The first-order valence-corrected chi connectivity index (χ1v) is 7.49. The van der Waals surface area contributed by atoms with Gasteiger partial charge in [-0.05, 0) is 48.9 Å². The highest BCUT2D eigenvalue weighted by Crippen LogP contribution is 2.24. The van der Waals surface area contributed by atoms with Gasteiger partial charge in [0.2, 0.25) is 5.16 Å². The van der Waals surface area contributed by atoms with Crippen molar-refractivity contribution < 1.29 is 9.53 Å². The van der Waals surface area contributed by atoms with Crippen LogP contribution in [-0.4, -0.2) is 33.3 Å². The SMILES string of the molecule is COC(=O)c1cccc(CSc2nnnn2C(C)(C)C)c1. The summed E-state index contributed by atoms with van der Waals surface area (Å²) in [6, 6.07) is 7.36. The molecular weight excluding hydrogens is 288 g/mol. The highest BCUT2D eigenvalue weighted by atomic mass is 32.2. The Bertz CT molecular complexity index is 634. The lowest BCUT2D eigenvalue weighted by molar-refractivity contribution is 0.0600. The van der Waals surface area contributed by atoms with E-state index in [9.17, 15) is 4.79 Å². The van der Waals surface area contributed by atoms with Gasteiger partial charge in [0.05, 0.1) is 18.2 Å². The van der Waals surface area contributed by atoms with Crippen LogP contribution in [0, 0.1) is 0 Å². The second-order valence-electron chi connectivity index (χ2n) is 5.52. The van der Waals surface area contributed by atoms with E-state index in [2.05, 4.69) is 15.5 Å². The predicted molar refractivity (Wildman–Crippen MR) is 80.2 cm³/mol. The van der Waals surface area contributed by atoms with Crippen LogP contribution in [0.5, 0.6) is 0 Å². The fourth-order valence-corrected chi connectivity index (χ4v) is 2.75. The number of rotatable bonds is 4. The van der Waals surface area contributed by atoms with Crippen molar-refractivity contribution in [3.05, 3.63) is 35.4 Å². The van der Waals surface area contributed by atoms with Crippen molar-refractivity contribution in [2.24, 2.45) is 0 Å².